The van der Waals surface area contributed by atoms with Crippen LogP contribution in [-0.4, -0.2) is 38.3 Å². The molecule has 0 heterocycles. The Morgan fingerprint density at radius 1 is 0.317 bits per heavy atom. The molecule has 6 aliphatic carbocycles. The summed E-state index contributed by atoms with van der Waals surface area (Å²) >= 11 is 9.31. The molecule has 3 heteroatoms. The Kier molecular flexibility index (Phi) is 11.5. The average molecular weight is 625 g/mol. The van der Waals surface area contributed by atoms with Crippen molar-refractivity contribution in [2.24, 2.45) is 0 Å². The number of hydrogen-bond acceptors (Lipinski definition) is 0. The van der Waals surface area contributed by atoms with Crippen molar-refractivity contribution in [2.75, 3.05) is 0 Å². The molecule has 6 rings (SSSR count). The van der Waals surface area contributed by atoms with E-state index in [-0.39, 0.29) is 4.36 Å². The van der Waals surface area contributed by atoms with E-state index in [9.17, 15) is 11.6 Å². The fraction of sp³-hybridized carbons (Fsp3) is 1.00. The van der Waals surface area contributed by atoms with Crippen molar-refractivity contribution in [1.82, 2.24) is 0 Å². The molecule has 0 spiro atoms. The molecule has 0 aliphatic heterocycles. The molecule has 0 aromatic carbocycles. The van der Waals surface area contributed by atoms with Crippen molar-refractivity contribution in [3.05, 3.63) is 0 Å². The van der Waals surface area contributed by atoms with E-state index in [0.717, 1.165) is 34.0 Å². The second-order valence-corrected chi connectivity index (χ2v) is 29.4. The third-order valence-corrected chi connectivity index (χ3v) is 34.7. The van der Waals surface area contributed by atoms with Gasteiger partial charge in [0.1, 0.15) is 0 Å². The molecule has 41 heavy (non-hydrogen) atoms. The molecule has 0 N–H and O–H groups in total. The van der Waals surface area contributed by atoms with Gasteiger partial charge in [-0.05, 0) is 0 Å². The number of halogens is 1. The zero-order valence-corrected chi connectivity index (χ0v) is 30.3. The molecule has 240 valence electrons. The van der Waals surface area contributed by atoms with E-state index in [1.807, 2.05) is 0 Å². The summed E-state index contributed by atoms with van der Waals surface area (Å²) < 4.78 is 0.220. The first kappa shape index (κ1) is 32.1. The Morgan fingerprint density at radius 3 is 0.610 bits per heavy atom. The van der Waals surface area contributed by atoms with Gasteiger partial charge in [-0.1, -0.05) is 0 Å². The van der Waals surface area contributed by atoms with Crippen molar-refractivity contribution in [3.63, 3.8) is 0 Å². The Balaban J connectivity index is 1.58. The van der Waals surface area contributed by atoms with Crippen LogP contribution in [0.2, 0.25) is 0 Å². The fourth-order valence-corrected chi connectivity index (χ4v) is 40.4. The summed E-state index contributed by atoms with van der Waals surface area (Å²) in [5.74, 6) is 0. The predicted molar refractivity (Wildman–Crippen MR) is 192 cm³/mol. The van der Waals surface area contributed by atoms with E-state index in [4.69, 9.17) is 0 Å². The molecule has 0 aromatic rings. The van der Waals surface area contributed by atoms with Crippen molar-refractivity contribution < 1.29 is 0 Å². The van der Waals surface area contributed by atoms with E-state index in [1.165, 1.54) is 116 Å². The Morgan fingerprint density at radius 2 is 0.463 bits per heavy atom. The molecule has 0 amide bonds. The van der Waals surface area contributed by atoms with Crippen LogP contribution in [0.15, 0.2) is 0 Å². The summed E-state index contributed by atoms with van der Waals surface area (Å²) in [6.45, 7) is 2.96. The van der Waals surface area contributed by atoms with Crippen molar-refractivity contribution >= 4 is 26.1 Å². The van der Waals surface area contributed by atoms with E-state index in [0.29, 0.717) is 0 Å². The first-order valence-corrected chi connectivity index (χ1v) is 24.7. The van der Waals surface area contributed by atoms with Gasteiger partial charge in [0.15, 0.2) is 0 Å². The first-order valence-electron chi connectivity index (χ1n) is 19.8. The van der Waals surface area contributed by atoms with E-state index in [2.05, 4.69) is 6.92 Å². The number of rotatable bonds is 8. The molecule has 0 bridgehead atoms. The first-order chi connectivity index (χ1) is 20.1. The summed E-state index contributed by atoms with van der Waals surface area (Å²) in [5.41, 5.74) is 6.38. The molecule has 0 atom stereocenters. The molecule has 6 fully saturated rings. The quantitative estimate of drug-likeness (QED) is 0.186. The average Bonchev–Trinajstić information content (AvgIpc) is 3.05. The summed E-state index contributed by atoms with van der Waals surface area (Å²) in [6, 6.07) is 0. The SMILES string of the molecule is CC(Cl)([PH](C1CCCCC1)(C1CCCCC1)C1CCCCC1)[PH](C1CCCCC1)(C1CCCCC1)C1CCCCC1. The fourth-order valence-electron chi connectivity index (χ4n) is 14.2. The van der Waals surface area contributed by atoms with E-state index < -0.39 is 14.5 Å². The summed E-state index contributed by atoms with van der Waals surface area (Å²) in [7, 11) is -3.76. The van der Waals surface area contributed by atoms with Crippen molar-refractivity contribution in [2.45, 2.75) is 238 Å². The van der Waals surface area contributed by atoms with Crippen LogP contribution in [0.5, 0.6) is 0 Å². The molecule has 0 radical (unpaired) electrons. The zero-order valence-electron chi connectivity index (χ0n) is 27.6. The van der Waals surface area contributed by atoms with Gasteiger partial charge in [0.25, 0.3) is 0 Å². The topological polar surface area (TPSA) is 0 Å². The third kappa shape index (κ3) is 5.93. The van der Waals surface area contributed by atoms with Crippen LogP contribution in [0.25, 0.3) is 0 Å². The maximum absolute atomic E-state index is 9.31. The summed E-state index contributed by atoms with van der Waals surface area (Å²) in [5, 5.41) is 0. The van der Waals surface area contributed by atoms with Gasteiger partial charge in [0.05, 0.1) is 0 Å². The predicted octanol–water partition coefficient (Wildman–Crippen LogP) is 13.4. The van der Waals surface area contributed by atoms with Crippen LogP contribution in [0.3, 0.4) is 0 Å². The third-order valence-electron chi connectivity index (χ3n) is 15.3. The molecule has 0 nitrogen and oxygen atoms in total. The monoisotopic (exact) mass is 624 g/mol. The van der Waals surface area contributed by atoms with Crippen molar-refractivity contribution in [1.29, 1.82) is 0 Å². The molecule has 6 saturated carbocycles. The van der Waals surface area contributed by atoms with Crippen LogP contribution >= 0.6 is 26.1 Å². The van der Waals surface area contributed by atoms with Crippen molar-refractivity contribution in [3.8, 4) is 0 Å². The molecule has 0 aromatic heterocycles. The van der Waals surface area contributed by atoms with Gasteiger partial charge in [-0.25, -0.2) is 0 Å². The van der Waals surface area contributed by atoms with E-state index in [1.54, 1.807) is 77.0 Å². The van der Waals surface area contributed by atoms with Crippen LogP contribution < -0.4 is 0 Å². The zero-order chi connectivity index (χ0) is 28.2. The summed E-state index contributed by atoms with van der Waals surface area (Å²) in [4.78, 5) is 0. The normalized spacial score (nSPS) is 31.1. The van der Waals surface area contributed by atoms with Crippen LogP contribution in [0.1, 0.15) is 200 Å². The molecule has 0 unspecified atom stereocenters. The molecule has 0 saturated heterocycles. The maximum atomic E-state index is 9.31. The number of hydrogen-bond donors (Lipinski definition) is 0. The second kappa shape index (κ2) is 14.7. The minimum absolute atomic E-state index is 0.220. The van der Waals surface area contributed by atoms with Crippen LogP contribution in [0.4, 0.5) is 0 Å². The second-order valence-electron chi connectivity index (χ2n) is 16.9. The van der Waals surface area contributed by atoms with Gasteiger partial charge in [-0.15, -0.1) is 0 Å². The molecular formula is C38H71ClP2. The van der Waals surface area contributed by atoms with Gasteiger partial charge in [0.2, 0.25) is 0 Å². The molecular weight excluding hydrogens is 554 g/mol. The standard InChI is InChI=1S/C38H71ClP2/c1-38(39,40(32-20-8-2-9-21-32,33-22-10-3-11-23-33)34-24-12-4-13-25-34)41(35-26-14-5-15-27-35,36-28-16-6-17-29-36)37-30-18-7-19-31-37/h32-37,40-41H,2-31H2,1H3. The Hall–Kier alpha value is 1.15. The van der Waals surface area contributed by atoms with Gasteiger partial charge < -0.3 is 0 Å². The van der Waals surface area contributed by atoms with E-state index >= 15 is 0 Å². The van der Waals surface area contributed by atoms with Gasteiger partial charge in [-0.3, -0.25) is 0 Å². The van der Waals surface area contributed by atoms with Crippen LogP contribution in [0, 0.1) is 0 Å². The van der Waals surface area contributed by atoms with Gasteiger partial charge >= 0.3 is 264 Å². The summed E-state index contributed by atoms with van der Waals surface area (Å²) in [6.07, 6.45) is 46.6. The number of alkyl halides is 1. The van der Waals surface area contributed by atoms with Crippen LogP contribution in [-0.2, 0) is 0 Å². The van der Waals surface area contributed by atoms with Gasteiger partial charge in [0, 0.05) is 0 Å². The Labute approximate surface area is 263 Å². The Bertz CT molecular complexity index is 617. The minimum atomic E-state index is -1.88. The van der Waals surface area contributed by atoms with Gasteiger partial charge in [-0.2, -0.15) is 0 Å². The molecule has 6 aliphatic rings.